The maximum absolute atomic E-state index is 14.0. The van der Waals surface area contributed by atoms with Gasteiger partial charge in [0.25, 0.3) is 5.91 Å². The molecule has 1 atom stereocenters. The molecule has 9 nitrogen and oxygen atoms in total. The summed E-state index contributed by atoms with van der Waals surface area (Å²) in [5.41, 5.74) is 3.89. The number of nitrogens with one attached hydrogen (secondary N) is 1. The molecule has 0 radical (unpaired) electrons. The number of amides is 1. The van der Waals surface area contributed by atoms with Crippen LogP contribution in [0.4, 0.5) is 15.9 Å². The zero-order chi connectivity index (χ0) is 26.1. The fourth-order valence-electron chi connectivity index (χ4n) is 4.60. The lowest BCUT2D eigenvalue weighted by molar-refractivity contribution is 0.0386. The van der Waals surface area contributed by atoms with Gasteiger partial charge in [0.05, 0.1) is 36.2 Å². The summed E-state index contributed by atoms with van der Waals surface area (Å²) >= 11 is 6.51. The molecule has 1 aliphatic rings. The van der Waals surface area contributed by atoms with Crippen molar-refractivity contribution in [2.24, 2.45) is 7.05 Å². The average molecular weight is 525 g/mol. The van der Waals surface area contributed by atoms with E-state index < -0.39 is 5.82 Å². The molecule has 5 rings (SSSR count). The normalized spacial score (nSPS) is 15.2. The second-order valence-corrected chi connectivity index (χ2v) is 9.36. The fraction of sp³-hybridized carbons (Fsp3) is 0.269. The fourth-order valence-corrected chi connectivity index (χ4v) is 4.82. The summed E-state index contributed by atoms with van der Waals surface area (Å²) in [6.45, 7) is 0.694. The first-order valence-electron chi connectivity index (χ1n) is 11.7. The topological polar surface area (TPSA) is 97.4 Å². The predicted octanol–water partition coefficient (Wildman–Crippen LogP) is 3.98. The Morgan fingerprint density at radius 2 is 2.05 bits per heavy atom. The number of nitrogens with zero attached hydrogens (tertiary/aromatic N) is 5. The molecule has 4 aromatic rings. The molecule has 0 unspecified atom stereocenters. The van der Waals surface area contributed by atoms with E-state index in [2.05, 4.69) is 15.4 Å². The van der Waals surface area contributed by atoms with Gasteiger partial charge in [-0.25, -0.2) is 9.37 Å². The number of anilines is 2. The van der Waals surface area contributed by atoms with E-state index in [9.17, 15) is 14.3 Å². The first kappa shape index (κ1) is 24.9. The molecule has 0 bridgehead atoms. The SMILES string of the molecule is COC[C@H]1Cn2cc(-c3cc(Nc4cnn(C)c4)ncc3Cl)cc2C(=O)N1Cc1cc(F)ccc1CO. The monoisotopic (exact) mass is 524 g/mol. The molecule has 0 aliphatic carbocycles. The highest BCUT2D eigenvalue weighted by molar-refractivity contribution is 6.33. The third-order valence-electron chi connectivity index (χ3n) is 6.41. The van der Waals surface area contributed by atoms with Crippen molar-refractivity contribution in [3.63, 3.8) is 0 Å². The summed E-state index contributed by atoms with van der Waals surface area (Å²) in [6.07, 6.45) is 6.98. The quantitative estimate of drug-likeness (QED) is 0.362. The Labute approximate surface area is 218 Å². The lowest BCUT2D eigenvalue weighted by Crippen LogP contribution is -2.49. The molecule has 3 aromatic heterocycles. The van der Waals surface area contributed by atoms with Gasteiger partial charge >= 0.3 is 0 Å². The number of carbonyl (C=O) groups is 1. The number of fused-ring (bicyclic) bond motifs is 1. The Kier molecular flexibility index (Phi) is 6.96. The van der Waals surface area contributed by atoms with E-state index in [1.807, 2.05) is 30.1 Å². The van der Waals surface area contributed by atoms with E-state index >= 15 is 0 Å². The zero-order valence-electron chi connectivity index (χ0n) is 20.4. The van der Waals surface area contributed by atoms with Crippen LogP contribution < -0.4 is 5.32 Å². The summed E-state index contributed by atoms with van der Waals surface area (Å²) in [4.78, 5) is 19.7. The molecule has 192 valence electrons. The van der Waals surface area contributed by atoms with Crippen molar-refractivity contribution < 1.29 is 19.0 Å². The number of hydrogen-bond acceptors (Lipinski definition) is 6. The van der Waals surface area contributed by atoms with Crippen LogP contribution in [0.1, 0.15) is 21.6 Å². The number of aryl methyl sites for hydroxylation is 1. The Hall–Kier alpha value is -3.73. The minimum atomic E-state index is -0.423. The summed E-state index contributed by atoms with van der Waals surface area (Å²) < 4.78 is 23.0. The van der Waals surface area contributed by atoms with Gasteiger partial charge in [0.1, 0.15) is 17.3 Å². The van der Waals surface area contributed by atoms with Crippen LogP contribution >= 0.6 is 11.6 Å². The van der Waals surface area contributed by atoms with Gasteiger partial charge in [-0.1, -0.05) is 17.7 Å². The Balaban J connectivity index is 1.47. The number of methoxy groups -OCH3 is 1. The number of pyridine rings is 1. The molecule has 1 aliphatic heterocycles. The number of ether oxygens (including phenoxy) is 1. The molecule has 2 N–H and O–H groups in total. The molecule has 0 spiro atoms. The first-order chi connectivity index (χ1) is 17.9. The lowest BCUT2D eigenvalue weighted by Gasteiger charge is -2.36. The molecule has 0 fully saturated rings. The van der Waals surface area contributed by atoms with Crippen LogP contribution in [0.2, 0.25) is 5.02 Å². The van der Waals surface area contributed by atoms with Crippen molar-refractivity contribution >= 4 is 29.0 Å². The first-order valence-corrected chi connectivity index (χ1v) is 12.0. The third kappa shape index (κ3) is 5.08. The van der Waals surface area contributed by atoms with Crippen LogP contribution in [0.5, 0.6) is 0 Å². The Bertz CT molecular complexity index is 1450. The predicted molar refractivity (Wildman–Crippen MR) is 137 cm³/mol. The van der Waals surface area contributed by atoms with Gasteiger partial charge in [0, 0.05) is 57.0 Å². The summed E-state index contributed by atoms with van der Waals surface area (Å²) in [7, 11) is 3.40. The molecule has 1 amide bonds. The van der Waals surface area contributed by atoms with Gasteiger partial charge in [-0.2, -0.15) is 5.10 Å². The van der Waals surface area contributed by atoms with Gasteiger partial charge in [-0.15, -0.1) is 0 Å². The van der Waals surface area contributed by atoms with Crippen LogP contribution in [-0.2, 0) is 31.5 Å². The maximum Gasteiger partial charge on any atom is 0.271 e. The number of aromatic nitrogens is 4. The molecular weight excluding hydrogens is 499 g/mol. The molecule has 4 heterocycles. The molecule has 37 heavy (non-hydrogen) atoms. The average Bonchev–Trinajstić information content (AvgIpc) is 3.49. The van der Waals surface area contributed by atoms with Gasteiger partial charge in [-0.3, -0.25) is 9.48 Å². The van der Waals surface area contributed by atoms with Crippen LogP contribution in [-0.4, -0.2) is 55.0 Å². The Morgan fingerprint density at radius 3 is 2.78 bits per heavy atom. The van der Waals surface area contributed by atoms with E-state index in [-0.39, 0.29) is 25.1 Å². The highest BCUT2D eigenvalue weighted by Gasteiger charge is 2.34. The lowest BCUT2D eigenvalue weighted by atomic mass is 10.0. The van der Waals surface area contributed by atoms with Crippen LogP contribution in [0.25, 0.3) is 11.1 Å². The van der Waals surface area contributed by atoms with Crippen LogP contribution in [0.15, 0.2) is 55.1 Å². The standard InChI is InChI=1S/C26H26ClFN6O3/c1-32-12-20(8-30-32)31-25-7-22(23(27)9-29-25)18-6-24-26(36)34(21(15-37-2)13-33(24)10-18)11-17-5-19(28)4-3-16(17)14-35/h3-10,12,21,35H,11,13-15H2,1-2H3,(H,29,31)/t21-/m1/s1. The molecule has 11 heteroatoms. The largest absolute Gasteiger partial charge is 0.392 e. The van der Waals surface area contributed by atoms with Gasteiger partial charge < -0.3 is 24.6 Å². The molecule has 0 saturated carbocycles. The number of aliphatic hydroxyl groups excluding tert-OH is 1. The highest BCUT2D eigenvalue weighted by atomic mass is 35.5. The van der Waals surface area contributed by atoms with E-state index in [1.54, 1.807) is 35.2 Å². The summed E-state index contributed by atoms with van der Waals surface area (Å²) in [6, 6.07) is 7.53. The molecule has 1 aromatic carbocycles. The molecular formula is C26H26ClFN6O3. The van der Waals surface area contributed by atoms with Crippen molar-refractivity contribution in [2.75, 3.05) is 19.0 Å². The van der Waals surface area contributed by atoms with Crippen molar-refractivity contribution in [2.45, 2.75) is 25.7 Å². The van der Waals surface area contributed by atoms with E-state index in [0.29, 0.717) is 40.8 Å². The zero-order valence-corrected chi connectivity index (χ0v) is 21.1. The molecule has 0 saturated heterocycles. The smallest absolute Gasteiger partial charge is 0.271 e. The summed E-state index contributed by atoms with van der Waals surface area (Å²) in [5, 5.41) is 17.5. The van der Waals surface area contributed by atoms with Crippen LogP contribution in [0.3, 0.4) is 0 Å². The van der Waals surface area contributed by atoms with E-state index in [0.717, 1.165) is 16.8 Å². The van der Waals surface area contributed by atoms with Crippen molar-refractivity contribution in [1.82, 2.24) is 24.2 Å². The van der Waals surface area contributed by atoms with Gasteiger partial charge in [-0.05, 0) is 35.4 Å². The van der Waals surface area contributed by atoms with Crippen molar-refractivity contribution in [3.05, 3.63) is 82.8 Å². The van der Waals surface area contributed by atoms with E-state index in [4.69, 9.17) is 16.3 Å². The minimum absolute atomic E-state index is 0.149. The Morgan fingerprint density at radius 1 is 1.22 bits per heavy atom. The number of carbonyl (C=O) groups excluding carboxylic acids is 1. The second kappa shape index (κ2) is 10.3. The maximum atomic E-state index is 14.0. The number of halogens is 2. The van der Waals surface area contributed by atoms with Gasteiger partial charge in [0.15, 0.2) is 0 Å². The minimum Gasteiger partial charge on any atom is -0.392 e. The van der Waals surface area contributed by atoms with E-state index in [1.165, 1.54) is 18.2 Å². The third-order valence-corrected chi connectivity index (χ3v) is 6.71. The van der Waals surface area contributed by atoms with Crippen molar-refractivity contribution in [1.29, 1.82) is 0 Å². The second-order valence-electron chi connectivity index (χ2n) is 8.96. The van der Waals surface area contributed by atoms with Crippen molar-refractivity contribution in [3.8, 4) is 11.1 Å². The number of rotatable bonds is 8. The van der Waals surface area contributed by atoms with Gasteiger partial charge in [0.2, 0.25) is 0 Å². The number of benzene rings is 1. The highest BCUT2D eigenvalue weighted by Crippen LogP contribution is 2.34. The number of aliphatic hydroxyl groups is 1. The number of hydrogen-bond donors (Lipinski definition) is 2. The summed E-state index contributed by atoms with van der Waals surface area (Å²) in [5.74, 6) is -0.0513. The van der Waals surface area contributed by atoms with Crippen LogP contribution in [0, 0.1) is 5.82 Å².